The maximum absolute atomic E-state index is 13.3. The first-order valence-electron chi connectivity index (χ1n) is 7.23. The van der Waals surface area contributed by atoms with Crippen LogP contribution in [0.15, 0.2) is 0 Å². The molecule has 1 heterocycles. The number of aromatic nitrogens is 3. The van der Waals surface area contributed by atoms with E-state index in [0.717, 1.165) is 6.42 Å². The lowest BCUT2D eigenvalue weighted by atomic mass is 9.78. The van der Waals surface area contributed by atoms with Crippen LogP contribution in [-0.2, 0) is 11.4 Å². The lowest BCUT2D eigenvalue weighted by Gasteiger charge is -2.35. The van der Waals surface area contributed by atoms with Gasteiger partial charge in [-0.25, -0.2) is 0 Å². The molecule has 1 aliphatic carbocycles. The number of alkyl halides is 4. The predicted molar refractivity (Wildman–Crippen MR) is 75.3 cm³/mol. The predicted octanol–water partition coefficient (Wildman–Crippen LogP) is 4.61. The lowest BCUT2D eigenvalue weighted by molar-refractivity contribution is -0.188. The van der Waals surface area contributed by atoms with Crippen LogP contribution in [0.2, 0.25) is 0 Å². The standard InChI is InChI=1S/C14H21ClF3N3/c1-13(2,3)21-11(8-15)19-20-12(21)9-6-4-5-7-10(9)14(16,17)18/h9-10H,4-8H2,1-3H3. The summed E-state index contributed by atoms with van der Waals surface area (Å²) in [5.41, 5.74) is -0.392. The molecule has 0 aromatic carbocycles. The van der Waals surface area contributed by atoms with E-state index in [4.69, 9.17) is 11.6 Å². The maximum Gasteiger partial charge on any atom is 0.392 e. The molecule has 1 aromatic rings. The molecule has 3 nitrogen and oxygen atoms in total. The van der Waals surface area contributed by atoms with Crippen LogP contribution in [0.25, 0.3) is 0 Å². The zero-order valence-electron chi connectivity index (χ0n) is 12.5. The van der Waals surface area contributed by atoms with E-state index >= 15 is 0 Å². The first-order valence-corrected chi connectivity index (χ1v) is 7.77. The number of hydrogen-bond donors (Lipinski definition) is 0. The average Bonchev–Trinajstić information content (AvgIpc) is 2.81. The molecule has 2 atom stereocenters. The summed E-state index contributed by atoms with van der Waals surface area (Å²) in [4.78, 5) is 0. The third-order valence-electron chi connectivity index (χ3n) is 4.06. The van der Waals surface area contributed by atoms with Crippen molar-refractivity contribution < 1.29 is 13.2 Å². The first kappa shape index (κ1) is 16.6. The average molecular weight is 324 g/mol. The SMILES string of the molecule is CC(C)(C)n1c(CCl)nnc1C1CCCCC1C(F)(F)F. The molecule has 0 spiro atoms. The van der Waals surface area contributed by atoms with Crippen molar-refractivity contribution in [3.05, 3.63) is 11.6 Å². The third kappa shape index (κ3) is 3.35. The van der Waals surface area contributed by atoms with E-state index in [9.17, 15) is 13.2 Å². The van der Waals surface area contributed by atoms with Gasteiger partial charge < -0.3 is 4.57 Å². The summed E-state index contributed by atoms with van der Waals surface area (Å²) in [6.45, 7) is 5.80. The van der Waals surface area contributed by atoms with Gasteiger partial charge in [-0.05, 0) is 33.6 Å². The highest BCUT2D eigenvalue weighted by Crippen LogP contribution is 2.46. The van der Waals surface area contributed by atoms with Crippen LogP contribution >= 0.6 is 11.6 Å². The second-order valence-electron chi connectivity index (χ2n) is 6.65. The summed E-state index contributed by atoms with van der Waals surface area (Å²) in [7, 11) is 0. The minimum absolute atomic E-state index is 0.147. The zero-order chi connectivity index (χ0) is 15.8. The Hall–Kier alpha value is -0.780. The molecule has 1 aromatic heterocycles. The van der Waals surface area contributed by atoms with Crippen molar-refractivity contribution in [3.63, 3.8) is 0 Å². The van der Waals surface area contributed by atoms with Crippen molar-refractivity contribution in [1.82, 2.24) is 14.8 Å². The molecule has 120 valence electrons. The van der Waals surface area contributed by atoms with Crippen molar-refractivity contribution in [2.45, 2.75) is 70.0 Å². The fourth-order valence-electron chi connectivity index (χ4n) is 3.22. The van der Waals surface area contributed by atoms with Gasteiger partial charge in [-0.2, -0.15) is 13.2 Å². The summed E-state index contributed by atoms with van der Waals surface area (Å²) in [6.07, 6.45) is -2.11. The topological polar surface area (TPSA) is 30.7 Å². The van der Waals surface area contributed by atoms with Crippen molar-refractivity contribution >= 4 is 11.6 Å². The van der Waals surface area contributed by atoms with Crippen LogP contribution < -0.4 is 0 Å². The molecular formula is C14H21ClF3N3. The first-order chi connectivity index (χ1) is 9.66. The van der Waals surface area contributed by atoms with Gasteiger partial charge in [-0.1, -0.05) is 12.8 Å². The van der Waals surface area contributed by atoms with Crippen molar-refractivity contribution in [3.8, 4) is 0 Å². The Labute approximate surface area is 127 Å². The Morgan fingerprint density at radius 3 is 2.29 bits per heavy atom. The van der Waals surface area contributed by atoms with E-state index in [1.165, 1.54) is 0 Å². The highest BCUT2D eigenvalue weighted by atomic mass is 35.5. The highest BCUT2D eigenvalue weighted by Gasteiger charge is 2.48. The summed E-state index contributed by atoms with van der Waals surface area (Å²) in [5, 5.41) is 8.08. The van der Waals surface area contributed by atoms with Crippen LogP contribution in [0.1, 0.15) is 64.0 Å². The Morgan fingerprint density at radius 2 is 1.76 bits per heavy atom. The highest BCUT2D eigenvalue weighted by molar-refractivity contribution is 6.16. The molecule has 2 unspecified atom stereocenters. The van der Waals surface area contributed by atoms with Gasteiger partial charge in [0.2, 0.25) is 0 Å². The molecule has 0 aliphatic heterocycles. The Morgan fingerprint density at radius 1 is 1.14 bits per heavy atom. The summed E-state index contributed by atoms with van der Waals surface area (Å²) in [5.74, 6) is -0.846. The van der Waals surface area contributed by atoms with E-state index in [1.54, 1.807) is 4.57 Å². The smallest absolute Gasteiger partial charge is 0.308 e. The molecular weight excluding hydrogens is 303 g/mol. The fourth-order valence-corrected chi connectivity index (χ4v) is 3.39. The molecule has 0 N–H and O–H groups in total. The molecule has 2 rings (SSSR count). The summed E-state index contributed by atoms with van der Waals surface area (Å²) >= 11 is 5.87. The normalized spacial score (nSPS) is 24.3. The minimum Gasteiger partial charge on any atom is -0.308 e. The van der Waals surface area contributed by atoms with Crippen LogP contribution in [-0.4, -0.2) is 20.9 Å². The second kappa shape index (κ2) is 5.78. The van der Waals surface area contributed by atoms with Gasteiger partial charge in [0, 0.05) is 11.5 Å². The van der Waals surface area contributed by atoms with Gasteiger partial charge in [0.1, 0.15) is 11.6 Å². The largest absolute Gasteiger partial charge is 0.392 e. The second-order valence-corrected chi connectivity index (χ2v) is 6.92. The van der Waals surface area contributed by atoms with Crippen molar-refractivity contribution in [2.75, 3.05) is 0 Å². The molecule has 1 fully saturated rings. The molecule has 0 bridgehead atoms. The Kier molecular flexibility index (Phi) is 4.57. The summed E-state index contributed by atoms with van der Waals surface area (Å²) < 4.78 is 41.7. The van der Waals surface area contributed by atoms with Gasteiger partial charge in [0.15, 0.2) is 0 Å². The lowest BCUT2D eigenvalue weighted by Crippen LogP contribution is -2.35. The van der Waals surface area contributed by atoms with Gasteiger partial charge >= 0.3 is 6.18 Å². The monoisotopic (exact) mass is 323 g/mol. The van der Waals surface area contributed by atoms with Crippen LogP contribution in [0.5, 0.6) is 0 Å². The van der Waals surface area contributed by atoms with Crippen molar-refractivity contribution in [1.29, 1.82) is 0 Å². The van der Waals surface area contributed by atoms with E-state index in [-0.39, 0.29) is 12.3 Å². The molecule has 0 amide bonds. The molecule has 21 heavy (non-hydrogen) atoms. The number of halogens is 4. The van der Waals surface area contributed by atoms with E-state index in [0.29, 0.717) is 24.5 Å². The maximum atomic E-state index is 13.3. The minimum atomic E-state index is -4.19. The van der Waals surface area contributed by atoms with E-state index < -0.39 is 23.6 Å². The molecule has 7 heteroatoms. The van der Waals surface area contributed by atoms with E-state index in [1.807, 2.05) is 20.8 Å². The molecule has 0 saturated heterocycles. The van der Waals surface area contributed by atoms with Crippen LogP contribution in [0.3, 0.4) is 0 Å². The Balaban J connectivity index is 2.47. The van der Waals surface area contributed by atoms with Gasteiger partial charge in [-0.15, -0.1) is 21.8 Å². The van der Waals surface area contributed by atoms with Gasteiger partial charge in [0.25, 0.3) is 0 Å². The molecule has 1 saturated carbocycles. The fraction of sp³-hybridized carbons (Fsp3) is 0.857. The number of rotatable bonds is 2. The molecule has 0 radical (unpaired) electrons. The van der Waals surface area contributed by atoms with E-state index in [2.05, 4.69) is 10.2 Å². The Bertz CT molecular complexity index is 491. The quantitative estimate of drug-likeness (QED) is 0.744. The molecule has 1 aliphatic rings. The van der Waals surface area contributed by atoms with Crippen LogP contribution in [0.4, 0.5) is 13.2 Å². The van der Waals surface area contributed by atoms with Crippen molar-refractivity contribution in [2.24, 2.45) is 5.92 Å². The third-order valence-corrected chi connectivity index (χ3v) is 4.30. The van der Waals surface area contributed by atoms with Crippen LogP contribution in [0, 0.1) is 5.92 Å². The number of nitrogens with zero attached hydrogens (tertiary/aromatic N) is 3. The summed E-state index contributed by atoms with van der Waals surface area (Å²) in [6, 6.07) is 0. The number of hydrogen-bond acceptors (Lipinski definition) is 2. The zero-order valence-corrected chi connectivity index (χ0v) is 13.3. The van der Waals surface area contributed by atoms with Gasteiger partial charge in [-0.3, -0.25) is 0 Å². The van der Waals surface area contributed by atoms with Gasteiger partial charge in [0.05, 0.1) is 11.8 Å².